The lowest BCUT2D eigenvalue weighted by atomic mass is 9.82. The van der Waals surface area contributed by atoms with Gasteiger partial charge in [-0.25, -0.2) is 0 Å². The number of fused-ring (bicyclic) bond motifs is 6. The van der Waals surface area contributed by atoms with Gasteiger partial charge in [-0.1, -0.05) is 184 Å². The third-order valence-electron chi connectivity index (χ3n) is 13.5. The minimum Gasteiger partial charge on any atom is -0.310 e. The molecule has 0 spiro atoms. The van der Waals surface area contributed by atoms with Crippen molar-refractivity contribution >= 4 is 55.9 Å². The van der Waals surface area contributed by atoms with Gasteiger partial charge < -0.3 is 14.4 Å². The Labute approximate surface area is 386 Å². The van der Waals surface area contributed by atoms with E-state index in [1.165, 1.54) is 44.2 Å². The van der Waals surface area contributed by atoms with Gasteiger partial charge in [-0.3, -0.25) is 0 Å². The van der Waals surface area contributed by atoms with Crippen LogP contribution in [0.5, 0.6) is 0 Å². The Morgan fingerprint density at radius 3 is 1.59 bits per heavy atom. The quantitative estimate of drug-likeness (QED) is 0.143. The fourth-order valence-electron chi connectivity index (χ4n) is 10.5. The van der Waals surface area contributed by atoms with E-state index in [2.05, 4.69) is 277 Å². The summed E-state index contributed by atoms with van der Waals surface area (Å²) in [6.45, 7) is 4.71. The Bertz CT molecular complexity index is 3500. The number of anilines is 6. The largest absolute Gasteiger partial charge is 0.310 e. The number of aromatic nitrogens is 1. The molecule has 0 saturated heterocycles. The van der Waals surface area contributed by atoms with Crippen LogP contribution in [0.4, 0.5) is 34.1 Å². The van der Waals surface area contributed by atoms with Gasteiger partial charge in [-0.05, 0) is 118 Å². The summed E-state index contributed by atoms with van der Waals surface area (Å²) in [5.74, 6) is 0. The first-order valence-electron chi connectivity index (χ1n) is 22.9. The summed E-state index contributed by atoms with van der Waals surface area (Å²) >= 11 is 0. The lowest BCUT2D eigenvalue weighted by molar-refractivity contribution is 0.660. The van der Waals surface area contributed by atoms with Crippen LogP contribution in [0.2, 0.25) is 0 Å². The van der Waals surface area contributed by atoms with E-state index >= 15 is 0 Å². The second-order valence-electron chi connectivity index (χ2n) is 17.8. The van der Waals surface area contributed by atoms with E-state index in [1.54, 1.807) is 0 Å². The molecule has 10 aromatic carbocycles. The normalized spacial score (nSPS) is 12.5. The molecule has 0 radical (unpaired) electrons. The molecule has 1 aliphatic carbocycles. The minimum absolute atomic E-state index is 0.129. The summed E-state index contributed by atoms with van der Waals surface area (Å²) in [6, 6.07) is 90.8. The molecular weight excluding hydrogens is 799 g/mol. The molecular formula is C63H47N3. The van der Waals surface area contributed by atoms with E-state index in [0.717, 1.165) is 62.0 Å². The standard InChI is InChI=1S/C63H47N3/c1-63(2)56-34-20-18-32-52(56)55-41-50(37-38-57(55)63)65(59-39-36-46(44-22-8-3-9-23-44)40-54(59)45-24-10-4-11-25-45)51-42-60(64(47-26-12-5-13-27-47)48-28-14-6-15-29-48)62-53-33-19-21-35-58(53)66(61(62)43-51)49-30-16-7-17-31-49/h3-43H,1-2H3. The summed E-state index contributed by atoms with van der Waals surface area (Å²) in [4.78, 5) is 4.94. The molecule has 1 aliphatic rings. The van der Waals surface area contributed by atoms with E-state index < -0.39 is 0 Å². The zero-order chi connectivity index (χ0) is 44.2. The highest BCUT2D eigenvalue weighted by Gasteiger charge is 2.36. The predicted molar refractivity (Wildman–Crippen MR) is 279 cm³/mol. The van der Waals surface area contributed by atoms with Crippen molar-refractivity contribution in [2.45, 2.75) is 19.3 Å². The number of para-hydroxylation sites is 4. The SMILES string of the molecule is CC1(C)c2ccccc2-c2cc(N(c3cc(N(c4ccccc4)c4ccccc4)c4c5ccccc5n(-c5ccccc5)c4c3)c3ccc(-c4ccccc4)cc3-c3ccccc3)ccc21. The number of hydrogen-bond acceptors (Lipinski definition) is 2. The average Bonchev–Trinajstić information content (AvgIpc) is 3.83. The van der Waals surface area contributed by atoms with Crippen LogP contribution in [0.15, 0.2) is 249 Å². The first-order valence-corrected chi connectivity index (χ1v) is 22.9. The van der Waals surface area contributed by atoms with Crippen LogP contribution in [0.25, 0.3) is 60.9 Å². The molecule has 12 rings (SSSR count). The molecule has 0 amide bonds. The third kappa shape index (κ3) is 6.51. The van der Waals surface area contributed by atoms with Crippen LogP contribution in [-0.4, -0.2) is 4.57 Å². The number of hydrogen-bond donors (Lipinski definition) is 0. The Balaban J connectivity index is 1.22. The van der Waals surface area contributed by atoms with Crippen molar-refractivity contribution in [3.05, 3.63) is 260 Å². The summed E-state index contributed by atoms with van der Waals surface area (Å²) in [7, 11) is 0. The second kappa shape index (κ2) is 16.0. The van der Waals surface area contributed by atoms with Crippen molar-refractivity contribution in [2.75, 3.05) is 9.80 Å². The van der Waals surface area contributed by atoms with Gasteiger partial charge in [0, 0.05) is 44.5 Å². The smallest absolute Gasteiger partial charge is 0.0583 e. The molecule has 0 bridgehead atoms. The van der Waals surface area contributed by atoms with E-state index in [-0.39, 0.29) is 5.41 Å². The first-order chi connectivity index (χ1) is 32.5. The van der Waals surface area contributed by atoms with Gasteiger partial charge >= 0.3 is 0 Å². The van der Waals surface area contributed by atoms with Crippen LogP contribution in [0.1, 0.15) is 25.0 Å². The van der Waals surface area contributed by atoms with Crippen LogP contribution < -0.4 is 9.80 Å². The van der Waals surface area contributed by atoms with E-state index in [4.69, 9.17) is 0 Å². The maximum atomic E-state index is 2.51. The van der Waals surface area contributed by atoms with Crippen molar-refractivity contribution < 1.29 is 0 Å². The van der Waals surface area contributed by atoms with Crippen LogP contribution >= 0.6 is 0 Å². The maximum absolute atomic E-state index is 2.51. The highest BCUT2D eigenvalue weighted by molar-refractivity contribution is 6.18. The molecule has 0 fully saturated rings. The molecule has 0 N–H and O–H groups in total. The number of rotatable bonds is 9. The molecule has 0 aliphatic heterocycles. The molecule has 0 atom stereocenters. The average molecular weight is 846 g/mol. The molecule has 314 valence electrons. The Kier molecular flexibility index (Phi) is 9.50. The summed E-state index contributed by atoms with van der Waals surface area (Å²) < 4.78 is 2.45. The lowest BCUT2D eigenvalue weighted by Crippen LogP contribution is -2.16. The zero-order valence-electron chi connectivity index (χ0n) is 37.0. The number of benzene rings is 10. The fraction of sp³-hybridized carbons (Fsp3) is 0.0476. The van der Waals surface area contributed by atoms with Crippen LogP contribution in [0.3, 0.4) is 0 Å². The summed E-state index contributed by atoms with van der Waals surface area (Å²) in [5.41, 5.74) is 19.6. The van der Waals surface area contributed by atoms with Crippen molar-refractivity contribution in [3.8, 4) is 39.1 Å². The van der Waals surface area contributed by atoms with Crippen molar-refractivity contribution in [1.82, 2.24) is 4.57 Å². The topological polar surface area (TPSA) is 11.4 Å². The van der Waals surface area contributed by atoms with Gasteiger partial charge in [0.15, 0.2) is 0 Å². The highest BCUT2D eigenvalue weighted by atomic mass is 15.2. The van der Waals surface area contributed by atoms with Crippen molar-refractivity contribution in [2.24, 2.45) is 0 Å². The van der Waals surface area contributed by atoms with Gasteiger partial charge in [0.05, 0.1) is 28.1 Å². The molecule has 11 aromatic rings. The van der Waals surface area contributed by atoms with Gasteiger partial charge in [-0.15, -0.1) is 0 Å². The maximum Gasteiger partial charge on any atom is 0.0583 e. The van der Waals surface area contributed by atoms with Gasteiger partial charge in [-0.2, -0.15) is 0 Å². The first kappa shape index (κ1) is 39.2. The molecule has 66 heavy (non-hydrogen) atoms. The van der Waals surface area contributed by atoms with E-state index in [1.807, 2.05) is 0 Å². The molecule has 3 heteroatoms. The Morgan fingerprint density at radius 1 is 0.333 bits per heavy atom. The molecule has 1 aromatic heterocycles. The van der Waals surface area contributed by atoms with Gasteiger partial charge in [0.2, 0.25) is 0 Å². The van der Waals surface area contributed by atoms with E-state index in [0.29, 0.717) is 0 Å². The van der Waals surface area contributed by atoms with Gasteiger partial charge in [0.25, 0.3) is 0 Å². The minimum atomic E-state index is -0.129. The summed E-state index contributed by atoms with van der Waals surface area (Å²) in [6.07, 6.45) is 0. The monoisotopic (exact) mass is 845 g/mol. The van der Waals surface area contributed by atoms with Crippen molar-refractivity contribution in [3.63, 3.8) is 0 Å². The van der Waals surface area contributed by atoms with Gasteiger partial charge in [0.1, 0.15) is 0 Å². The predicted octanol–water partition coefficient (Wildman–Crippen LogP) is 17.4. The van der Waals surface area contributed by atoms with E-state index in [9.17, 15) is 0 Å². The Hall–Kier alpha value is -8.40. The molecule has 3 nitrogen and oxygen atoms in total. The lowest BCUT2D eigenvalue weighted by Gasteiger charge is -2.32. The third-order valence-corrected chi connectivity index (χ3v) is 13.5. The fourth-order valence-corrected chi connectivity index (χ4v) is 10.5. The van der Waals surface area contributed by atoms with Crippen LogP contribution in [0, 0.1) is 0 Å². The number of nitrogens with zero attached hydrogens (tertiary/aromatic N) is 3. The molecule has 0 unspecified atom stereocenters. The van der Waals surface area contributed by atoms with Crippen LogP contribution in [-0.2, 0) is 5.41 Å². The zero-order valence-corrected chi connectivity index (χ0v) is 37.0. The molecule has 1 heterocycles. The Morgan fingerprint density at radius 2 is 0.894 bits per heavy atom. The van der Waals surface area contributed by atoms with Crippen molar-refractivity contribution in [1.29, 1.82) is 0 Å². The second-order valence-corrected chi connectivity index (χ2v) is 17.8. The highest BCUT2D eigenvalue weighted by Crippen LogP contribution is 2.53. The summed E-state index contributed by atoms with van der Waals surface area (Å²) in [5, 5.41) is 2.37. The molecule has 0 saturated carbocycles.